The van der Waals surface area contributed by atoms with Gasteiger partial charge in [-0.25, -0.2) is 4.79 Å². The molecule has 5 nitrogen and oxygen atoms in total. The number of carboxylic acid groups (broad SMARTS) is 1. The molecule has 5 heteroatoms. The summed E-state index contributed by atoms with van der Waals surface area (Å²) in [6.07, 6.45) is 0. The van der Waals surface area contributed by atoms with Crippen molar-refractivity contribution in [3.05, 3.63) is 47.3 Å². The summed E-state index contributed by atoms with van der Waals surface area (Å²) in [7, 11) is 0. The number of aromatic nitrogens is 2. The van der Waals surface area contributed by atoms with E-state index >= 15 is 0 Å². The fraction of sp³-hybridized carbons (Fsp3) is 0.286. The molecule has 0 fully saturated rings. The van der Waals surface area contributed by atoms with Crippen LogP contribution in [0.15, 0.2) is 30.3 Å². The quantitative estimate of drug-likeness (QED) is 0.897. The van der Waals surface area contributed by atoms with Crippen LogP contribution < -0.4 is 4.74 Å². The lowest BCUT2D eigenvalue weighted by atomic mass is 10.2. The number of ether oxygens (including phenoxy) is 1. The van der Waals surface area contributed by atoms with E-state index in [0.29, 0.717) is 24.6 Å². The van der Waals surface area contributed by atoms with Crippen LogP contribution in [0.4, 0.5) is 0 Å². The highest BCUT2D eigenvalue weighted by Crippen LogP contribution is 2.24. The zero-order valence-electron chi connectivity index (χ0n) is 11.0. The summed E-state index contributed by atoms with van der Waals surface area (Å²) < 4.78 is 7.08. The molecule has 0 aliphatic heterocycles. The summed E-state index contributed by atoms with van der Waals surface area (Å²) in [5.41, 5.74) is 1.69. The number of hydrogen-bond acceptors (Lipinski definition) is 3. The van der Waals surface area contributed by atoms with Crippen LogP contribution in [0.2, 0.25) is 0 Å². The standard InChI is InChI=1S/C14H16N2O3/c1-3-16-12(14(17)18)13(10(2)15-16)19-9-11-7-5-4-6-8-11/h4-8H,3,9H2,1-2H3,(H,17,18). The molecule has 2 aromatic rings. The fourth-order valence-corrected chi connectivity index (χ4v) is 1.90. The molecule has 1 heterocycles. The van der Waals surface area contributed by atoms with Crippen molar-refractivity contribution in [1.29, 1.82) is 0 Å². The number of aryl methyl sites for hydroxylation is 2. The number of hydrogen-bond donors (Lipinski definition) is 1. The molecule has 0 aliphatic rings. The Morgan fingerprint density at radius 2 is 2.05 bits per heavy atom. The normalized spacial score (nSPS) is 10.4. The number of rotatable bonds is 5. The van der Waals surface area contributed by atoms with Gasteiger partial charge in [0.15, 0.2) is 11.4 Å². The monoisotopic (exact) mass is 260 g/mol. The second kappa shape index (κ2) is 5.56. The van der Waals surface area contributed by atoms with Gasteiger partial charge in [-0.2, -0.15) is 5.10 Å². The first kappa shape index (κ1) is 13.1. The molecule has 0 unspecified atom stereocenters. The summed E-state index contributed by atoms with van der Waals surface area (Å²) in [4.78, 5) is 11.3. The molecule has 0 amide bonds. The third kappa shape index (κ3) is 2.76. The van der Waals surface area contributed by atoms with Crippen LogP contribution in [-0.2, 0) is 13.2 Å². The van der Waals surface area contributed by atoms with Crippen molar-refractivity contribution in [3.8, 4) is 5.75 Å². The predicted octanol–water partition coefficient (Wildman–Crippen LogP) is 2.49. The SMILES string of the molecule is CCn1nc(C)c(OCc2ccccc2)c1C(=O)O. The van der Waals surface area contributed by atoms with E-state index in [2.05, 4.69) is 5.10 Å². The Morgan fingerprint density at radius 1 is 1.37 bits per heavy atom. The van der Waals surface area contributed by atoms with Crippen LogP contribution in [0.25, 0.3) is 0 Å². The van der Waals surface area contributed by atoms with Gasteiger partial charge in [0.25, 0.3) is 0 Å². The van der Waals surface area contributed by atoms with Gasteiger partial charge in [0.05, 0.1) is 0 Å². The average molecular weight is 260 g/mol. The zero-order chi connectivity index (χ0) is 13.8. The summed E-state index contributed by atoms with van der Waals surface area (Å²) >= 11 is 0. The van der Waals surface area contributed by atoms with Crippen molar-refractivity contribution in [2.24, 2.45) is 0 Å². The van der Waals surface area contributed by atoms with Gasteiger partial charge in [-0.1, -0.05) is 30.3 Å². The van der Waals surface area contributed by atoms with Gasteiger partial charge >= 0.3 is 5.97 Å². The zero-order valence-corrected chi connectivity index (χ0v) is 11.0. The minimum absolute atomic E-state index is 0.107. The first-order valence-electron chi connectivity index (χ1n) is 6.11. The number of carbonyl (C=O) groups is 1. The molecular formula is C14H16N2O3. The third-order valence-electron chi connectivity index (χ3n) is 2.80. The molecule has 1 N–H and O–H groups in total. The van der Waals surface area contributed by atoms with Crippen molar-refractivity contribution in [2.75, 3.05) is 0 Å². The molecule has 0 atom stereocenters. The van der Waals surface area contributed by atoms with E-state index in [-0.39, 0.29) is 5.69 Å². The average Bonchev–Trinajstić information content (AvgIpc) is 2.74. The molecule has 100 valence electrons. The van der Waals surface area contributed by atoms with Crippen LogP contribution >= 0.6 is 0 Å². The molecule has 0 radical (unpaired) electrons. The maximum atomic E-state index is 11.3. The highest BCUT2D eigenvalue weighted by atomic mass is 16.5. The van der Waals surface area contributed by atoms with Crippen LogP contribution in [0.5, 0.6) is 5.75 Å². The highest BCUT2D eigenvalue weighted by molar-refractivity contribution is 5.89. The summed E-state index contributed by atoms with van der Waals surface area (Å²) in [6.45, 7) is 4.42. The van der Waals surface area contributed by atoms with Gasteiger partial charge in [-0.3, -0.25) is 4.68 Å². The highest BCUT2D eigenvalue weighted by Gasteiger charge is 2.21. The van der Waals surface area contributed by atoms with Crippen molar-refractivity contribution in [2.45, 2.75) is 27.0 Å². The van der Waals surface area contributed by atoms with E-state index in [4.69, 9.17) is 4.74 Å². The Bertz CT molecular complexity index is 576. The maximum absolute atomic E-state index is 11.3. The Kier molecular flexibility index (Phi) is 3.85. The van der Waals surface area contributed by atoms with Gasteiger partial charge in [0, 0.05) is 6.54 Å². The van der Waals surface area contributed by atoms with Gasteiger partial charge in [-0.05, 0) is 19.4 Å². The predicted molar refractivity (Wildman–Crippen MR) is 70.4 cm³/mol. The summed E-state index contributed by atoms with van der Waals surface area (Å²) in [5.74, 6) is -0.677. The number of benzene rings is 1. The van der Waals surface area contributed by atoms with E-state index < -0.39 is 5.97 Å². The van der Waals surface area contributed by atoms with E-state index in [1.54, 1.807) is 6.92 Å². The second-order valence-corrected chi connectivity index (χ2v) is 4.16. The van der Waals surface area contributed by atoms with Crippen molar-refractivity contribution < 1.29 is 14.6 Å². The van der Waals surface area contributed by atoms with Gasteiger partial charge in [0.1, 0.15) is 12.3 Å². The number of carboxylic acids is 1. The molecule has 0 aliphatic carbocycles. The lowest BCUT2D eigenvalue weighted by Crippen LogP contribution is -2.10. The van der Waals surface area contributed by atoms with Crippen molar-refractivity contribution >= 4 is 5.97 Å². The van der Waals surface area contributed by atoms with Crippen molar-refractivity contribution in [1.82, 2.24) is 9.78 Å². The molecular weight excluding hydrogens is 244 g/mol. The molecule has 0 bridgehead atoms. The molecule has 0 saturated carbocycles. The fourth-order valence-electron chi connectivity index (χ4n) is 1.90. The minimum Gasteiger partial charge on any atom is -0.484 e. The molecule has 1 aromatic heterocycles. The van der Waals surface area contributed by atoms with E-state index in [1.165, 1.54) is 4.68 Å². The van der Waals surface area contributed by atoms with Gasteiger partial charge in [0.2, 0.25) is 0 Å². The molecule has 19 heavy (non-hydrogen) atoms. The van der Waals surface area contributed by atoms with Crippen LogP contribution in [-0.4, -0.2) is 20.9 Å². The van der Waals surface area contributed by atoms with E-state index in [0.717, 1.165) is 5.56 Å². The van der Waals surface area contributed by atoms with Gasteiger partial charge < -0.3 is 9.84 Å². The lowest BCUT2D eigenvalue weighted by Gasteiger charge is -2.07. The number of nitrogens with zero attached hydrogens (tertiary/aromatic N) is 2. The van der Waals surface area contributed by atoms with Crippen molar-refractivity contribution in [3.63, 3.8) is 0 Å². The first-order valence-corrected chi connectivity index (χ1v) is 6.11. The largest absolute Gasteiger partial charge is 0.484 e. The van der Waals surface area contributed by atoms with E-state index in [1.807, 2.05) is 37.3 Å². The van der Waals surface area contributed by atoms with E-state index in [9.17, 15) is 9.90 Å². The third-order valence-corrected chi connectivity index (χ3v) is 2.80. The van der Waals surface area contributed by atoms with Crippen LogP contribution in [0, 0.1) is 6.92 Å². The maximum Gasteiger partial charge on any atom is 0.358 e. The minimum atomic E-state index is -1.02. The second-order valence-electron chi connectivity index (χ2n) is 4.16. The summed E-state index contributed by atoms with van der Waals surface area (Å²) in [5, 5.41) is 13.4. The number of aromatic carboxylic acids is 1. The van der Waals surface area contributed by atoms with Gasteiger partial charge in [-0.15, -0.1) is 0 Å². The first-order chi connectivity index (χ1) is 9.13. The lowest BCUT2D eigenvalue weighted by molar-refractivity contribution is 0.0678. The van der Waals surface area contributed by atoms with Crippen LogP contribution in [0.3, 0.4) is 0 Å². The molecule has 1 aromatic carbocycles. The smallest absolute Gasteiger partial charge is 0.358 e. The Labute approximate surface area is 111 Å². The van der Waals surface area contributed by atoms with Crippen LogP contribution in [0.1, 0.15) is 28.7 Å². The Hall–Kier alpha value is -2.30. The Balaban J connectivity index is 2.25. The molecule has 0 spiro atoms. The molecule has 2 rings (SSSR count). The topological polar surface area (TPSA) is 64.4 Å². The molecule has 0 saturated heterocycles. The Morgan fingerprint density at radius 3 is 2.63 bits per heavy atom. The summed E-state index contributed by atoms with van der Waals surface area (Å²) in [6, 6.07) is 9.62.